The number of urea groups is 1. The van der Waals surface area contributed by atoms with E-state index in [2.05, 4.69) is 5.32 Å². The highest BCUT2D eigenvalue weighted by atomic mass is 32.2. The van der Waals surface area contributed by atoms with E-state index in [0.717, 1.165) is 19.3 Å². The number of hydrogen-bond donors (Lipinski definition) is 4. The molecule has 0 spiro atoms. The lowest BCUT2D eigenvalue weighted by molar-refractivity contribution is -0.134. The molecule has 0 aromatic heterocycles. The van der Waals surface area contributed by atoms with E-state index in [1.807, 2.05) is 12.2 Å². The smallest absolute Gasteiger partial charge is 0.322 e. The molecule has 1 aliphatic heterocycles. The Kier molecular flexibility index (Phi) is 7.42. The van der Waals surface area contributed by atoms with Crippen LogP contribution in [0.1, 0.15) is 39.0 Å². The molecule has 1 heterocycles. The van der Waals surface area contributed by atoms with Gasteiger partial charge in [-0.3, -0.25) is 24.3 Å². The molecule has 9 nitrogen and oxygen atoms in total. The lowest BCUT2D eigenvalue weighted by Gasteiger charge is -2.30. The molecule has 22 heavy (non-hydrogen) atoms. The van der Waals surface area contributed by atoms with Crippen LogP contribution in [0.5, 0.6) is 0 Å². The summed E-state index contributed by atoms with van der Waals surface area (Å²) in [7, 11) is 0. The second kappa shape index (κ2) is 8.81. The zero-order valence-corrected chi connectivity index (χ0v) is 13.0. The number of imide groups is 1. The van der Waals surface area contributed by atoms with Gasteiger partial charge in [-0.05, 0) is 17.5 Å². The minimum absolute atomic E-state index is 0.185. The number of carbonyl (C=O) groups is 3. The Labute approximate surface area is 130 Å². The summed E-state index contributed by atoms with van der Waals surface area (Å²) in [6.45, 7) is 2.01. The summed E-state index contributed by atoms with van der Waals surface area (Å²) in [4.78, 5) is 34.6. The Morgan fingerprint density at radius 1 is 1.41 bits per heavy atom. The van der Waals surface area contributed by atoms with E-state index >= 15 is 0 Å². The van der Waals surface area contributed by atoms with E-state index in [4.69, 9.17) is 5.21 Å². The normalized spacial score (nSPS) is 21.7. The second-order valence-electron chi connectivity index (χ2n) is 5.10. The Balaban J connectivity index is 2.90. The van der Waals surface area contributed by atoms with Gasteiger partial charge in [0.25, 0.3) is 5.91 Å². The molecule has 0 saturated carbocycles. The van der Waals surface area contributed by atoms with Crippen LogP contribution in [-0.4, -0.2) is 43.1 Å². The standard InChI is InChI=1S/C12H21N3O6S/c1-2-3-4-5-6-7(10(16)15-19)9(22(20)21)8-11(17)14-12(18)13-8/h7-9,19H,2-6H2,1H3,(H,15,16)(H,20,21)(H2,13,14,17,18)/p-1. The van der Waals surface area contributed by atoms with Crippen molar-refractivity contribution in [2.75, 3.05) is 0 Å². The molecule has 4 unspecified atom stereocenters. The van der Waals surface area contributed by atoms with Crippen molar-refractivity contribution < 1.29 is 28.4 Å². The van der Waals surface area contributed by atoms with Crippen LogP contribution in [-0.2, 0) is 20.7 Å². The van der Waals surface area contributed by atoms with Gasteiger partial charge in [0.1, 0.15) is 6.04 Å². The fourth-order valence-corrected chi connectivity index (χ4v) is 3.40. The predicted molar refractivity (Wildman–Crippen MR) is 75.3 cm³/mol. The summed E-state index contributed by atoms with van der Waals surface area (Å²) in [6, 6.07) is -2.15. The van der Waals surface area contributed by atoms with E-state index in [9.17, 15) is 23.1 Å². The number of hydrogen-bond acceptors (Lipinski definition) is 6. The lowest BCUT2D eigenvalue weighted by Crippen LogP contribution is -2.51. The van der Waals surface area contributed by atoms with Crippen LogP contribution in [0, 0.1) is 5.92 Å². The quantitative estimate of drug-likeness (QED) is 0.147. The van der Waals surface area contributed by atoms with Crippen molar-refractivity contribution >= 4 is 28.9 Å². The molecule has 4 atom stereocenters. The SMILES string of the molecule is CCCCCCC(C(=O)NO)C(C1NC(=O)NC1=O)S(=O)[O-]. The molecule has 0 aliphatic carbocycles. The largest absolute Gasteiger partial charge is 0.772 e. The zero-order valence-electron chi connectivity index (χ0n) is 12.2. The number of hydroxylamine groups is 1. The van der Waals surface area contributed by atoms with Crippen LogP contribution in [0.4, 0.5) is 4.79 Å². The minimum Gasteiger partial charge on any atom is -0.772 e. The molecule has 0 bridgehead atoms. The first-order chi connectivity index (χ1) is 10.4. The molecule has 1 rings (SSSR count). The number of carbonyl (C=O) groups excluding carboxylic acids is 3. The number of amides is 4. The monoisotopic (exact) mass is 334 g/mol. The number of nitrogens with one attached hydrogen (secondary N) is 3. The van der Waals surface area contributed by atoms with Crippen LogP contribution < -0.4 is 16.1 Å². The number of unbranched alkanes of at least 4 members (excludes halogenated alkanes) is 3. The predicted octanol–water partition coefficient (Wildman–Crippen LogP) is -0.466. The van der Waals surface area contributed by atoms with E-state index in [1.54, 1.807) is 0 Å². The zero-order chi connectivity index (χ0) is 16.7. The first-order valence-corrected chi connectivity index (χ1v) is 8.19. The molecule has 0 aromatic carbocycles. The Hall–Kier alpha value is -1.52. The topological polar surface area (TPSA) is 148 Å². The van der Waals surface area contributed by atoms with Gasteiger partial charge in [-0.15, -0.1) is 0 Å². The van der Waals surface area contributed by atoms with Gasteiger partial charge in [-0.25, -0.2) is 10.3 Å². The van der Waals surface area contributed by atoms with Crippen molar-refractivity contribution in [3.63, 3.8) is 0 Å². The lowest BCUT2D eigenvalue weighted by atomic mass is 9.92. The maximum Gasteiger partial charge on any atom is 0.322 e. The summed E-state index contributed by atoms with van der Waals surface area (Å²) in [5.41, 5.74) is 1.43. The van der Waals surface area contributed by atoms with Gasteiger partial charge in [-0.1, -0.05) is 32.6 Å². The Bertz CT molecular complexity index is 458. The van der Waals surface area contributed by atoms with E-state index in [-0.39, 0.29) is 6.42 Å². The Morgan fingerprint density at radius 2 is 2.09 bits per heavy atom. The summed E-state index contributed by atoms with van der Waals surface area (Å²) in [5, 5.41) is 11.5. The van der Waals surface area contributed by atoms with Gasteiger partial charge < -0.3 is 9.87 Å². The fraction of sp³-hybridized carbons (Fsp3) is 0.750. The first kappa shape index (κ1) is 18.5. The van der Waals surface area contributed by atoms with E-state index in [1.165, 1.54) is 5.48 Å². The van der Waals surface area contributed by atoms with Crippen LogP contribution >= 0.6 is 0 Å². The molecule has 126 valence electrons. The highest BCUT2D eigenvalue weighted by Gasteiger charge is 2.43. The van der Waals surface area contributed by atoms with Gasteiger partial charge in [0, 0.05) is 0 Å². The van der Waals surface area contributed by atoms with Crippen molar-refractivity contribution in [1.29, 1.82) is 0 Å². The highest BCUT2D eigenvalue weighted by molar-refractivity contribution is 7.80. The maximum absolute atomic E-state index is 11.8. The minimum atomic E-state index is -2.79. The fourth-order valence-electron chi connectivity index (χ4n) is 2.46. The average molecular weight is 334 g/mol. The van der Waals surface area contributed by atoms with Crippen molar-refractivity contribution in [3.05, 3.63) is 0 Å². The van der Waals surface area contributed by atoms with Crippen LogP contribution in [0.2, 0.25) is 0 Å². The molecule has 1 aliphatic rings. The van der Waals surface area contributed by atoms with Gasteiger partial charge in [0.05, 0.1) is 11.2 Å². The van der Waals surface area contributed by atoms with Gasteiger partial charge in [-0.2, -0.15) is 0 Å². The molecule has 10 heteroatoms. The van der Waals surface area contributed by atoms with Crippen LogP contribution in [0.3, 0.4) is 0 Å². The molecule has 1 saturated heterocycles. The van der Waals surface area contributed by atoms with Crippen molar-refractivity contribution in [2.24, 2.45) is 5.92 Å². The molecule has 0 aromatic rings. The third kappa shape index (κ3) is 4.75. The van der Waals surface area contributed by atoms with E-state index < -0.39 is 46.1 Å². The Morgan fingerprint density at radius 3 is 2.55 bits per heavy atom. The van der Waals surface area contributed by atoms with Crippen molar-refractivity contribution in [2.45, 2.75) is 50.3 Å². The van der Waals surface area contributed by atoms with Gasteiger partial charge in [0.2, 0.25) is 5.91 Å². The number of rotatable bonds is 9. The molecule has 1 fully saturated rings. The van der Waals surface area contributed by atoms with Gasteiger partial charge >= 0.3 is 6.03 Å². The molecule has 4 amide bonds. The van der Waals surface area contributed by atoms with Crippen molar-refractivity contribution in [1.82, 2.24) is 16.1 Å². The first-order valence-electron chi connectivity index (χ1n) is 7.05. The highest BCUT2D eigenvalue weighted by Crippen LogP contribution is 2.22. The van der Waals surface area contributed by atoms with Crippen LogP contribution in [0.25, 0.3) is 0 Å². The maximum atomic E-state index is 11.8. The van der Waals surface area contributed by atoms with E-state index in [0.29, 0.717) is 6.42 Å². The summed E-state index contributed by atoms with van der Waals surface area (Å²) in [5.74, 6) is -2.82. The second-order valence-corrected chi connectivity index (χ2v) is 6.16. The average Bonchev–Trinajstić information content (AvgIpc) is 2.79. The summed E-state index contributed by atoms with van der Waals surface area (Å²) in [6.07, 6.45) is 3.45. The molecular weight excluding hydrogens is 314 g/mol. The summed E-state index contributed by atoms with van der Waals surface area (Å²) >= 11 is -2.79. The third-order valence-electron chi connectivity index (χ3n) is 3.57. The van der Waals surface area contributed by atoms with Gasteiger partial charge in [0.15, 0.2) is 0 Å². The molecular formula is C12H20N3O6S-. The van der Waals surface area contributed by atoms with Crippen molar-refractivity contribution in [3.8, 4) is 0 Å². The summed E-state index contributed by atoms with van der Waals surface area (Å²) < 4.78 is 23.0. The third-order valence-corrected chi connectivity index (χ3v) is 4.61. The molecule has 4 N–H and O–H groups in total. The molecule has 0 radical (unpaired) electrons. The van der Waals surface area contributed by atoms with Crippen LogP contribution in [0.15, 0.2) is 0 Å².